The van der Waals surface area contributed by atoms with Crippen LogP contribution in [0, 0.1) is 5.92 Å². The number of pyridine rings is 2. The summed E-state index contributed by atoms with van der Waals surface area (Å²) < 4.78 is 5.03. The van der Waals surface area contributed by atoms with E-state index in [4.69, 9.17) is 10.5 Å². The molecule has 2 N–H and O–H groups in total. The largest absolute Gasteiger partial charge is 0.481 e. The van der Waals surface area contributed by atoms with Crippen molar-refractivity contribution in [3.63, 3.8) is 0 Å². The SMILES string of the molecule is CC(C)Cc1cccnc1N.CCc1cccnc1OC. The fourth-order valence-electron chi connectivity index (χ4n) is 1.94. The smallest absolute Gasteiger partial charge is 0.216 e. The Hall–Kier alpha value is -2.10. The normalized spacial score (nSPS) is 9.95. The molecule has 2 aromatic heterocycles. The van der Waals surface area contributed by atoms with Crippen LogP contribution in [-0.2, 0) is 12.8 Å². The molecule has 0 spiro atoms. The van der Waals surface area contributed by atoms with Crippen molar-refractivity contribution in [3.8, 4) is 5.88 Å². The van der Waals surface area contributed by atoms with Crippen LogP contribution < -0.4 is 10.5 Å². The van der Waals surface area contributed by atoms with Crippen molar-refractivity contribution < 1.29 is 4.74 Å². The Labute approximate surface area is 127 Å². The molecular formula is C17H25N3O. The minimum atomic E-state index is 0.640. The summed E-state index contributed by atoms with van der Waals surface area (Å²) >= 11 is 0. The van der Waals surface area contributed by atoms with Gasteiger partial charge in [-0.3, -0.25) is 0 Å². The highest BCUT2D eigenvalue weighted by molar-refractivity contribution is 5.38. The first-order valence-corrected chi connectivity index (χ1v) is 7.25. The van der Waals surface area contributed by atoms with E-state index >= 15 is 0 Å². The van der Waals surface area contributed by atoms with Crippen LogP contribution in [0.2, 0.25) is 0 Å². The Kier molecular flexibility index (Phi) is 7.23. The van der Waals surface area contributed by atoms with Crippen LogP contribution in [0.4, 0.5) is 5.82 Å². The number of methoxy groups -OCH3 is 1. The molecule has 21 heavy (non-hydrogen) atoms. The van der Waals surface area contributed by atoms with Crippen LogP contribution in [0.15, 0.2) is 36.7 Å². The number of anilines is 1. The van der Waals surface area contributed by atoms with Crippen molar-refractivity contribution in [2.24, 2.45) is 5.92 Å². The second-order valence-electron chi connectivity index (χ2n) is 5.17. The predicted octanol–water partition coefficient (Wildman–Crippen LogP) is 3.51. The number of nitrogens with zero attached hydrogens (tertiary/aromatic N) is 2. The first kappa shape index (κ1) is 17.0. The number of aryl methyl sites for hydroxylation is 1. The van der Waals surface area contributed by atoms with Crippen LogP contribution in [0.25, 0.3) is 0 Å². The van der Waals surface area contributed by atoms with E-state index in [0.29, 0.717) is 11.7 Å². The third-order valence-corrected chi connectivity index (χ3v) is 2.98. The monoisotopic (exact) mass is 287 g/mol. The fourth-order valence-corrected chi connectivity index (χ4v) is 1.94. The van der Waals surface area contributed by atoms with Gasteiger partial charge in [-0.2, -0.15) is 0 Å². The number of nitrogens with two attached hydrogens (primary N) is 1. The van der Waals surface area contributed by atoms with E-state index in [1.807, 2.05) is 24.3 Å². The Morgan fingerprint density at radius 3 is 2.19 bits per heavy atom. The van der Waals surface area contributed by atoms with Gasteiger partial charge < -0.3 is 10.5 Å². The Balaban J connectivity index is 0.000000211. The molecule has 0 amide bonds. The maximum absolute atomic E-state index is 5.66. The first-order valence-electron chi connectivity index (χ1n) is 7.25. The number of rotatable bonds is 4. The van der Waals surface area contributed by atoms with Gasteiger partial charge in [0.15, 0.2) is 0 Å². The van der Waals surface area contributed by atoms with Gasteiger partial charge in [-0.15, -0.1) is 0 Å². The summed E-state index contributed by atoms with van der Waals surface area (Å²) in [5.41, 5.74) is 7.97. The van der Waals surface area contributed by atoms with E-state index in [9.17, 15) is 0 Å². The average Bonchev–Trinajstić information content (AvgIpc) is 2.49. The number of nitrogen functional groups attached to an aromatic ring is 1. The zero-order valence-corrected chi connectivity index (χ0v) is 13.3. The molecule has 114 valence electrons. The lowest BCUT2D eigenvalue weighted by Crippen LogP contribution is -2.00. The van der Waals surface area contributed by atoms with Gasteiger partial charge in [0.1, 0.15) is 5.82 Å². The van der Waals surface area contributed by atoms with Crippen LogP contribution in [-0.4, -0.2) is 17.1 Å². The van der Waals surface area contributed by atoms with Gasteiger partial charge in [0.2, 0.25) is 5.88 Å². The van der Waals surface area contributed by atoms with Crippen molar-refractivity contribution >= 4 is 5.82 Å². The molecule has 0 atom stereocenters. The Bertz CT molecular complexity index is 518. The van der Waals surface area contributed by atoms with Crippen molar-refractivity contribution in [3.05, 3.63) is 47.8 Å². The number of aromatic nitrogens is 2. The van der Waals surface area contributed by atoms with E-state index in [1.54, 1.807) is 19.5 Å². The molecule has 0 aromatic carbocycles. The first-order chi connectivity index (χ1) is 10.1. The molecule has 0 aliphatic rings. The summed E-state index contributed by atoms with van der Waals surface area (Å²) in [5.74, 6) is 2.05. The van der Waals surface area contributed by atoms with Gasteiger partial charge in [-0.25, -0.2) is 9.97 Å². The molecule has 2 heterocycles. The molecular weight excluding hydrogens is 262 g/mol. The minimum Gasteiger partial charge on any atom is -0.481 e. The van der Waals surface area contributed by atoms with Crippen molar-refractivity contribution in [2.45, 2.75) is 33.6 Å². The van der Waals surface area contributed by atoms with Crippen LogP contribution in [0.5, 0.6) is 5.88 Å². The molecule has 0 saturated carbocycles. The zero-order valence-electron chi connectivity index (χ0n) is 13.3. The third kappa shape index (κ3) is 5.81. The molecule has 0 fully saturated rings. The van der Waals surface area contributed by atoms with Crippen LogP contribution >= 0.6 is 0 Å². The van der Waals surface area contributed by atoms with Gasteiger partial charge in [0, 0.05) is 18.0 Å². The summed E-state index contributed by atoms with van der Waals surface area (Å²) in [6, 6.07) is 7.89. The quantitative estimate of drug-likeness (QED) is 0.934. The lowest BCUT2D eigenvalue weighted by Gasteiger charge is -2.05. The van der Waals surface area contributed by atoms with Gasteiger partial charge in [0.05, 0.1) is 7.11 Å². The maximum atomic E-state index is 5.66. The molecule has 0 saturated heterocycles. The fraction of sp³-hybridized carbons (Fsp3) is 0.412. The summed E-state index contributed by atoms with van der Waals surface area (Å²) in [6.45, 7) is 6.43. The van der Waals surface area contributed by atoms with E-state index in [0.717, 1.165) is 29.8 Å². The van der Waals surface area contributed by atoms with E-state index in [2.05, 4.69) is 30.7 Å². The van der Waals surface area contributed by atoms with E-state index in [-0.39, 0.29) is 0 Å². The minimum absolute atomic E-state index is 0.640. The second kappa shape index (κ2) is 8.95. The van der Waals surface area contributed by atoms with Gasteiger partial charge in [-0.05, 0) is 36.5 Å². The number of hydrogen-bond donors (Lipinski definition) is 1. The molecule has 0 bridgehead atoms. The Morgan fingerprint density at radius 1 is 1.10 bits per heavy atom. The lowest BCUT2D eigenvalue weighted by molar-refractivity contribution is 0.393. The highest BCUT2D eigenvalue weighted by Gasteiger charge is 2.00. The van der Waals surface area contributed by atoms with Gasteiger partial charge >= 0.3 is 0 Å². The van der Waals surface area contributed by atoms with Crippen LogP contribution in [0.1, 0.15) is 31.9 Å². The molecule has 2 rings (SSSR count). The highest BCUT2D eigenvalue weighted by atomic mass is 16.5. The summed E-state index contributed by atoms with van der Waals surface area (Å²) in [7, 11) is 1.64. The number of ether oxygens (including phenoxy) is 1. The second-order valence-corrected chi connectivity index (χ2v) is 5.17. The summed E-state index contributed by atoms with van der Waals surface area (Å²) in [4.78, 5) is 8.06. The molecule has 0 aliphatic carbocycles. The zero-order chi connectivity index (χ0) is 15.7. The molecule has 0 unspecified atom stereocenters. The molecule has 2 aromatic rings. The summed E-state index contributed by atoms with van der Waals surface area (Å²) in [5, 5.41) is 0. The average molecular weight is 287 g/mol. The standard InChI is InChI=1S/C9H14N2.C8H11NO/c1-7(2)6-8-4-3-5-11-9(8)10;1-3-7-5-4-6-9-8(7)10-2/h3-5,7H,6H2,1-2H3,(H2,10,11);4-6H,3H2,1-2H3. The molecule has 0 aliphatic heterocycles. The maximum Gasteiger partial charge on any atom is 0.216 e. The Morgan fingerprint density at radius 2 is 1.71 bits per heavy atom. The van der Waals surface area contributed by atoms with Crippen molar-refractivity contribution in [2.75, 3.05) is 12.8 Å². The van der Waals surface area contributed by atoms with Crippen LogP contribution in [0.3, 0.4) is 0 Å². The molecule has 0 radical (unpaired) electrons. The molecule has 4 nitrogen and oxygen atoms in total. The topological polar surface area (TPSA) is 61.0 Å². The van der Waals surface area contributed by atoms with Gasteiger partial charge in [0.25, 0.3) is 0 Å². The number of hydrogen-bond acceptors (Lipinski definition) is 4. The van der Waals surface area contributed by atoms with Gasteiger partial charge in [-0.1, -0.05) is 32.9 Å². The van der Waals surface area contributed by atoms with Crippen molar-refractivity contribution in [1.82, 2.24) is 9.97 Å². The third-order valence-electron chi connectivity index (χ3n) is 2.98. The summed E-state index contributed by atoms with van der Waals surface area (Å²) in [6.07, 6.45) is 5.44. The van der Waals surface area contributed by atoms with E-state index < -0.39 is 0 Å². The molecule has 4 heteroatoms. The lowest BCUT2D eigenvalue weighted by atomic mass is 10.0. The predicted molar refractivity (Wildman–Crippen MR) is 87.4 cm³/mol. The highest BCUT2D eigenvalue weighted by Crippen LogP contribution is 2.13. The van der Waals surface area contributed by atoms with E-state index in [1.165, 1.54) is 0 Å². The van der Waals surface area contributed by atoms with Crippen molar-refractivity contribution in [1.29, 1.82) is 0 Å².